The molecule has 33 heavy (non-hydrogen) atoms. The molecule has 0 saturated carbocycles. The largest absolute Gasteiger partial charge is 0.486 e. The van der Waals surface area contributed by atoms with Gasteiger partial charge in [0.2, 0.25) is 0 Å². The molecule has 5 rings (SSSR count). The Labute approximate surface area is 195 Å². The van der Waals surface area contributed by atoms with Crippen molar-refractivity contribution >= 4 is 34.0 Å². The highest BCUT2D eigenvalue weighted by Gasteiger charge is 2.13. The van der Waals surface area contributed by atoms with Crippen molar-refractivity contribution in [2.45, 2.75) is 13.2 Å². The third-order valence-corrected chi connectivity index (χ3v) is 5.40. The number of furan rings is 1. The van der Waals surface area contributed by atoms with Crippen molar-refractivity contribution in [1.29, 1.82) is 0 Å². The molecule has 0 atom stereocenters. The molecule has 0 spiro atoms. The van der Waals surface area contributed by atoms with Gasteiger partial charge < -0.3 is 14.5 Å². The Kier molecular flexibility index (Phi) is 5.83. The van der Waals surface area contributed by atoms with Crippen LogP contribution < -0.4 is 10.1 Å². The van der Waals surface area contributed by atoms with E-state index in [4.69, 9.17) is 20.8 Å². The van der Waals surface area contributed by atoms with Gasteiger partial charge in [0.25, 0.3) is 5.91 Å². The summed E-state index contributed by atoms with van der Waals surface area (Å²) in [5.74, 6) is 1.01. The second-order valence-electron chi connectivity index (χ2n) is 7.53. The first-order valence-electron chi connectivity index (χ1n) is 10.4. The van der Waals surface area contributed by atoms with Gasteiger partial charge in [-0.05, 0) is 46.7 Å². The quantitative estimate of drug-likeness (QED) is 0.317. The van der Waals surface area contributed by atoms with Crippen LogP contribution >= 0.6 is 11.6 Å². The smallest absolute Gasteiger partial charge is 0.291 e. The molecule has 3 aromatic carbocycles. The Morgan fingerprint density at radius 1 is 1.03 bits per heavy atom. The number of anilines is 1. The minimum Gasteiger partial charge on any atom is -0.486 e. The predicted molar refractivity (Wildman–Crippen MR) is 128 cm³/mol. The third-order valence-electron chi connectivity index (χ3n) is 5.17. The summed E-state index contributed by atoms with van der Waals surface area (Å²) >= 11 is 5.96. The van der Waals surface area contributed by atoms with Gasteiger partial charge in [0.15, 0.2) is 5.76 Å². The van der Waals surface area contributed by atoms with Crippen molar-refractivity contribution in [3.8, 4) is 5.75 Å². The van der Waals surface area contributed by atoms with Gasteiger partial charge in [0, 0.05) is 11.2 Å². The molecule has 0 aliphatic carbocycles. The first-order valence-corrected chi connectivity index (χ1v) is 10.8. The van der Waals surface area contributed by atoms with E-state index in [1.807, 2.05) is 18.2 Å². The first-order chi connectivity index (χ1) is 16.1. The van der Waals surface area contributed by atoms with Gasteiger partial charge in [-0.25, -0.2) is 0 Å². The van der Waals surface area contributed by atoms with Gasteiger partial charge in [0.1, 0.15) is 18.1 Å². The minimum atomic E-state index is -0.353. The standard InChI is InChI=1S/C26H20ClN3O3/c27-20-8-4-9-22(13-20)32-17-23-11-12-25(33-23)26(31)29-21-14-28-30(16-21)15-19-7-3-6-18-5-1-2-10-24(18)19/h1-14,16H,15,17H2,(H,29,31). The van der Waals surface area contributed by atoms with Crippen molar-refractivity contribution < 1.29 is 13.9 Å². The van der Waals surface area contributed by atoms with E-state index in [0.29, 0.717) is 28.8 Å². The molecule has 6 nitrogen and oxygen atoms in total. The van der Waals surface area contributed by atoms with Crippen molar-refractivity contribution in [2.24, 2.45) is 0 Å². The number of benzene rings is 3. The summed E-state index contributed by atoms with van der Waals surface area (Å²) < 4.78 is 13.1. The summed E-state index contributed by atoms with van der Waals surface area (Å²) in [6.45, 7) is 0.791. The molecule has 0 fully saturated rings. The monoisotopic (exact) mass is 457 g/mol. The van der Waals surface area contributed by atoms with Gasteiger partial charge in [-0.3, -0.25) is 9.48 Å². The Bertz CT molecular complexity index is 1420. The Balaban J connectivity index is 1.21. The predicted octanol–water partition coefficient (Wildman–Crippen LogP) is 6.16. The van der Waals surface area contributed by atoms with Gasteiger partial charge in [0.05, 0.1) is 18.4 Å². The fourth-order valence-electron chi connectivity index (χ4n) is 3.60. The maximum atomic E-state index is 12.6. The number of nitrogens with zero attached hydrogens (tertiary/aromatic N) is 2. The number of nitrogens with one attached hydrogen (secondary N) is 1. The second-order valence-corrected chi connectivity index (χ2v) is 7.97. The fraction of sp³-hybridized carbons (Fsp3) is 0.0769. The highest BCUT2D eigenvalue weighted by atomic mass is 35.5. The van der Waals surface area contributed by atoms with Gasteiger partial charge >= 0.3 is 0 Å². The van der Waals surface area contributed by atoms with Crippen LogP contribution in [0.2, 0.25) is 5.02 Å². The Hall–Kier alpha value is -4.03. The molecule has 1 N–H and O–H groups in total. The Morgan fingerprint density at radius 2 is 1.88 bits per heavy atom. The van der Waals surface area contributed by atoms with Gasteiger partial charge in [-0.1, -0.05) is 60.1 Å². The Morgan fingerprint density at radius 3 is 2.79 bits per heavy atom. The summed E-state index contributed by atoms with van der Waals surface area (Å²) in [5.41, 5.74) is 1.75. The molecule has 0 bridgehead atoms. The van der Waals surface area contributed by atoms with Crippen molar-refractivity contribution in [3.63, 3.8) is 0 Å². The molecule has 0 aliphatic heterocycles. The molecule has 0 saturated heterocycles. The van der Waals surface area contributed by atoms with Crippen LogP contribution in [0.25, 0.3) is 10.8 Å². The SMILES string of the molecule is O=C(Nc1cnn(Cc2cccc3ccccc23)c1)c1ccc(COc2cccc(Cl)c2)o1. The number of carbonyl (C=O) groups is 1. The molecule has 1 amide bonds. The number of fused-ring (bicyclic) bond motifs is 1. The molecule has 7 heteroatoms. The van der Waals surface area contributed by atoms with Crippen LogP contribution in [0.1, 0.15) is 21.9 Å². The topological polar surface area (TPSA) is 69.3 Å². The lowest BCUT2D eigenvalue weighted by molar-refractivity contribution is 0.0992. The lowest BCUT2D eigenvalue weighted by atomic mass is 10.0. The van der Waals surface area contributed by atoms with Crippen molar-refractivity contribution in [2.75, 3.05) is 5.32 Å². The van der Waals surface area contributed by atoms with Crippen LogP contribution in [0.15, 0.2) is 95.7 Å². The van der Waals surface area contributed by atoms with E-state index in [2.05, 4.69) is 34.7 Å². The van der Waals surface area contributed by atoms with Crippen molar-refractivity contribution in [1.82, 2.24) is 9.78 Å². The number of hydrogen-bond acceptors (Lipinski definition) is 4. The highest BCUT2D eigenvalue weighted by molar-refractivity contribution is 6.30. The number of halogens is 1. The van der Waals surface area contributed by atoms with Crippen LogP contribution in [-0.4, -0.2) is 15.7 Å². The average molecular weight is 458 g/mol. The zero-order valence-corrected chi connectivity index (χ0v) is 18.3. The molecule has 0 aliphatic rings. The highest BCUT2D eigenvalue weighted by Crippen LogP contribution is 2.21. The summed E-state index contributed by atoms with van der Waals surface area (Å²) in [6.07, 6.45) is 3.42. The van der Waals surface area contributed by atoms with E-state index in [-0.39, 0.29) is 18.3 Å². The maximum Gasteiger partial charge on any atom is 0.291 e. The third kappa shape index (κ3) is 4.91. The summed E-state index contributed by atoms with van der Waals surface area (Å²) in [4.78, 5) is 12.6. The lowest BCUT2D eigenvalue weighted by Crippen LogP contribution is -2.10. The van der Waals surface area contributed by atoms with Crippen LogP contribution in [0.3, 0.4) is 0 Å². The van der Waals surface area contributed by atoms with E-state index in [1.165, 1.54) is 10.8 Å². The van der Waals surface area contributed by atoms with Crippen LogP contribution in [0, 0.1) is 0 Å². The minimum absolute atomic E-state index is 0.191. The number of hydrogen-bond donors (Lipinski definition) is 1. The zero-order valence-electron chi connectivity index (χ0n) is 17.6. The van der Waals surface area contributed by atoms with Gasteiger partial charge in [-0.2, -0.15) is 5.10 Å². The number of amides is 1. The van der Waals surface area contributed by atoms with E-state index in [1.54, 1.807) is 53.5 Å². The summed E-state index contributed by atoms with van der Waals surface area (Å²) in [5, 5.41) is 10.2. The molecular formula is C26H20ClN3O3. The fourth-order valence-corrected chi connectivity index (χ4v) is 3.78. The van der Waals surface area contributed by atoms with E-state index < -0.39 is 0 Å². The number of ether oxygens (including phenoxy) is 1. The normalized spacial score (nSPS) is 10.9. The average Bonchev–Trinajstić information content (AvgIpc) is 3.48. The second kappa shape index (κ2) is 9.22. The maximum absolute atomic E-state index is 12.6. The van der Waals surface area contributed by atoms with E-state index >= 15 is 0 Å². The van der Waals surface area contributed by atoms with Crippen molar-refractivity contribution in [3.05, 3.63) is 113 Å². The molecule has 2 heterocycles. The van der Waals surface area contributed by atoms with E-state index in [0.717, 1.165) is 5.56 Å². The summed E-state index contributed by atoms with van der Waals surface area (Å²) in [6, 6.07) is 24.9. The van der Waals surface area contributed by atoms with Crippen LogP contribution in [0.4, 0.5) is 5.69 Å². The lowest BCUT2D eigenvalue weighted by Gasteiger charge is -2.06. The number of rotatable bonds is 7. The molecular weight excluding hydrogens is 438 g/mol. The molecule has 5 aromatic rings. The molecule has 2 aromatic heterocycles. The van der Waals surface area contributed by atoms with Crippen LogP contribution in [-0.2, 0) is 13.2 Å². The molecule has 0 radical (unpaired) electrons. The van der Waals surface area contributed by atoms with Crippen LogP contribution in [0.5, 0.6) is 5.75 Å². The molecule has 0 unspecified atom stereocenters. The summed E-state index contributed by atoms with van der Waals surface area (Å²) in [7, 11) is 0. The number of aromatic nitrogens is 2. The zero-order chi connectivity index (χ0) is 22.6. The first kappa shape index (κ1) is 20.8. The molecule has 164 valence electrons. The van der Waals surface area contributed by atoms with Gasteiger partial charge in [-0.15, -0.1) is 0 Å². The number of carbonyl (C=O) groups excluding carboxylic acids is 1. The van der Waals surface area contributed by atoms with E-state index in [9.17, 15) is 4.79 Å².